The smallest absolute Gasteiger partial charge is 0.434 e. The van der Waals surface area contributed by atoms with Crippen molar-refractivity contribution in [2.75, 3.05) is 19.6 Å². The van der Waals surface area contributed by atoms with Gasteiger partial charge in [0.05, 0.1) is 33.6 Å². The van der Waals surface area contributed by atoms with Crippen molar-refractivity contribution in [1.29, 1.82) is 0 Å². The molecule has 1 aliphatic rings. The van der Waals surface area contributed by atoms with Crippen LogP contribution in [0.4, 0.5) is 13.2 Å². The first-order valence-corrected chi connectivity index (χ1v) is 13.4. The summed E-state index contributed by atoms with van der Waals surface area (Å²) in [5, 5.41) is 27.8. The molecule has 1 aliphatic heterocycles. The van der Waals surface area contributed by atoms with Crippen molar-refractivity contribution in [2.24, 2.45) is 5.92 Å². The highest BCUT2D eigenvalue weighted by Crippen LogP contribution is 2.39. The van der Waals surface area contributed by atoms with Crippen molar-refractivity contribution in [3.05, 3.63) is 70.0 Å². The number of carboxylic acid groups (broad SMARTS) is 1. The first-order chi connectivity index (χ1) is 19.5. The number of likely N-dealkylation sites (tertiary alicyclic amines) is 1. The number of β-amino-alcohol motifs (C(OH)–C–C–N with tert-alkyl or cyclic N) is 1. The van der Waals surface area contributed by atoms with E-state index < -0.39 is 29.5 Å². The fraction of sp³-hybridized carbons (Fsp3) is 0.333. The van der Waals surface area contributed by atoms with E-state index >= 15 is 0 Å². The largest absolute Gasteiger partial charge is 0.481 e. The number of aliphatic carboxylic acids is 1. The molecule has 0 amide bonds. The Morgan fingerprint density at radius 2 is 1.90 bits per heavy atom. The summed E-state index contributed by atoms with van der Waals surface area (Å²) in [5.41, 5.74) is -0.375. The summed E-state index contributed by atoms with van der Waals surface area (Å²) in [6.45, 7) is 1.73. The molecule has 0 aliphatic carbocycles. The van der Waals surface area contributed by atoms with Crippen LogP contribution >= 0.6 is 23.2 Å². The van der Waals surface area contributed by atoms with Crippen molar-refractivity contribution < 1.29 is 32.7 Å². The van der Waals surface area contributed by atoms with Gasteiger partial charge in [-0.2, -0.15) is 23.3 Å². The maximum Gasteiger partial charge on any atom is 0.434 e. The monoisotopic (exact) mass is 609 g/mol. The van der Waals surface area contributed by atoms with Crippen molar-refractivity contribution >= 4 is 29.2 Å². The highest BCUT2D eigenvalue weighted by molar-refractivity contribution is 6.42. The number of halogens is 5. The first kappa shape index (κ1) is 29.1. The Hall–Kier alpha value is -3.45. The SMILES string of the molecule is O=C(O)CC1CCCN(CC(O)c2ccc(-c3noc(-c4cnn(-c5ccc(Cl)c(Cl)c5)c4C(F)(F)F)n3)cc2)C1. The quantitative estimate of drug-likeness (QED) is 0.245. The highest BCUT2D eigenvalue weighted by atomic mass is 35.5. The summed E-state index contributed by atoms with van der Waals surface area (Å²) in [6, 6.07) is 10.6. The predicted octanol–water partition coefficient (Wildman–Crippen LogP) is 6.14. The van der Waals surface area contributed by atoms with Gasteiger partial charge in [-0.05, 0) is 49.1 Å². The second-order valence-electron chi connectivity index (χ2n) is 9.84. The van der Waals surface area contributed by atoms with Gasteiger partial charge in [0.1, 0.15) is 0 Å². The van der Waals surface area contributed by atoms with Gasteiger partial charge in [-0.1, -0.05) is 52.6 Å². The predicted molar refractivity (Wildman–Crippen MR) is 144 cm³/mol. The topological polar surface area (TPSA) is 118 Å². The van der Waals surface area contributed by atoms with Crippen LogP contribution in [0.25, 0.3) is 28.5 Å². The second kappa shape index (κ2) is 11.8. The molecule has 0 saturated carbocycles. The van der Waals surface area contributed by atoms with Gasteiger partial charge in [0, 0.05) is 25.1 Å². The van der Waals surface area contributed by atoms with Crippen LogP contribution in [0.1, 0.15) is 36.6 Å². The molecule has 2 unspecified atom stereocenters. The van der Waals surface area contributed by atoms with E-state index in [9.17, 15) is 23.1 Å². The van der Waals surface area contributed by atoms with Crippen LogP contribution in [0, 0.1) is 5.92 Å². The van der Waals surface area contributed by atoms with Crippen LogP contribution in [-0.2, 0) is 11.0 Å². The van der Waals surface area contributed by atoms with Crippen molar-refractivity contribution in [1.82, 2.24) is 24.8 Å². The molecule has 1 fully saturated rings. The minimum Gasteiger partial charge on any atom is -0.481 e. The molecule has 3 heterocycles. The summed E-state index contributed by atoms with van der Waals surface area (Å²) in [7, 11) is 0. The number of aliphatic hydroxyl groups excluding tert-OH is 1. The van der Waals surface area contributed by atoms with E-state index in [1.807, 2.05) is 0 Å². The number of carboxylic acids is 1. The Balaban J connectivity index is 1.33. The van der Waals surface area contributed by atoms with Gasteiger partial charge >= 0.3 is 12.1 Å². The summed E-state index contributed by atoms with van der Waals surface area (Å²) < 4.78 is 48.2. The molecule has 5 rings (SSSR count). The molecule has 2 aromatic carbocycles. The normalized spacial score (nSPS) is 17.1. The zero-order chi connectivity index (χ0) is 29.3. The maximum atomic E-state index is 14.1. The number of aliphatic hydroxyl groups is 1. The lowest BCUT2D eigenvalue weighted by Gasteiger charge is -2.33. The number of hydrogen-bond acceptors (Lipinski definition) is 7. The molecule has 2 aromatic heterocycles. The third kappa shape index (κ3) is 6.56. The van der Waals surface area contributed by atoms with E-state index in [4.69, 9.17) is 32.8 Å². The van der Waals surface area contributed by atoms with Gasteiger partial charge < -0.3 is 19.6 Å². The average Bonchev–Trinajstić information content (AvgIpc) is 3.58. The first-order valence-electron chi connectivity index (χ1n) is 12.7. The number of aromatic nitrogens is 4. The molecule has 0 spiro atoms. The Bertz CT molecular complexity index is 1540. The van der Waals surface area contributed by atoms with E-state index in [0.717, 1.165) is 25.6 Å². The average molecular weight is 610 g/mol. The van der Waals surface area contributed by atoms with Gasteiger partial charge in [-0.25, -0.2) is 4.68 Å². The number of alkyl halides is 3. The lowest BCUT2D eigenvalue weighted by atomic mass is 9.94. The van der Waals surface area contributed by atoms with Crippen molar-refractivity contribution in [3.8, 4) is 28.5 Å². The molecule has 1 saturated heterocycles. The second-order valence-corrected chi connectivity index (χ2v) is 10.7. The third-order valence-electron chi connectivity index (χ3n) is 6.89. The van der Waals surface area contributed by atoms with E-state index in [0.29, 0.717) is 28.9 Å². The summed E-state index contributed by atoms with van der Waals surface area (Å²) >= 11 is 11.9. The molecule has 9 nitrogen and oxygen atoms in total. The van der Waals surface area contributed by atoms with E-state index in [-0.39, 0.29) is 39.8 Å². The molecule has 41 heavy (non-hydrogen) atoms. The number of nitrogens with zero attached hydrogens (tertiary/aromatic N) is 5. The van der Waals surface area contributed by atoms with E-state index in [2.05, 4.69) is 20.1 Å². The number of benzene rings is 2. The molecule has 14 heteroatoms. The maximum absolute atomic E-state index is 14.1. The summed E-state index contributed by atoms with van der Waals surface area (Å²) in [6.07, 6.45) is -2.81. The van der Waals surface area contributed by atoms with Crippen LogP contribution in [0.2, 0.25) is 10.0 Å². The van der Waals surface area contributed by atoms with Crippen LogP contribution in [-0.4, -0.2) is 60.6 Å². The molecule has 216 valence electrons. The van der Waals surface area contributed by atoms with E-state index in [1.54, 1.807) is 24.3 Å². The molecule has 2 atom stereocenters. The fourth-order valence-corrected chi connectivity index (χ4v) is 5.27. The van der Waals surface area contributed by atoms with E-state index in [1.165, 1.54) is 18.2 Å². The van der Waals surface area contributed by atoms with Crippen LogP contribution in [0.15, 0.2) is 53.2 Å². The van der Waals surface area contributed by atoms with Crippen molar-refractivity contribution in [3.63, 3.8) is 0 Å². The number of hydrogen-bond donors (Lipinski definition) is 2. The van der Waals surface area contributed by atoms with Gasteiger partial charge in [0.15, 0.2) is 5.69 Å². The standard InChI is InChI=1S/C27H24Cl2F3N5O4/c28-20-8-7-18(11-21(20)29)37-24(27(30,31)32)19(12-33-37)26-34-25(35-41-26)17-5-3-16(4-6-17)22(38)14-36-9-1-2-15(13-36)10-23(39)40/h3-8,11-12,15,22,38H,1-2,9-10,13-14H2,(H,39,40). The Morgan fingerprint density at radius 1 is 1.15 bits per heavy atom. The zero-order valence-electron chi connectivity index (χ0n) is 21.4. The van der Waals surface area contributed by atoms with Gasteiger partial charge in [-0.15, -0.1) is 0 Å². The molecule has 0 radical (unpaired) electrons. The summed E-state index contributed by atoms with van der Waals surface area (Å²) in [5.74, 6) is -1.09. The molecule has 4 aromatic rings. The molecule has 2 N–H and O–H groups in total. The fourth-order valence-electron chi connectivity index (χ4n) is 4.98. The Kier molecular flexibility index (Phi) is 8.37. The van der Waals surface area contributed by atoms with Crippen LogP contribution in [0.3, 0.4) is 0 Å². The number of carbonyl (C=O) groups is 1. The molecular formula is C27H24Cl2F3N5O4. The third-order valence-corrected chi connectivity index (χ3v) is 7.63. The van der Waals surface area contributed by atoms with Gasteiger partial charge in [0.2, 0.25) is 5.82 Å². The lowest BCUT2D eigenvalue weighted by molar-refractivity contribution is -0.142. The summed E-state index contributed by atoms with van der Waals surface area (Å²) in [4.78, 5) is 17.3. The Morgan fingerprint density at radius 3 is 2.59 bits per heavy atom. The van der Waals surface area contributed by atoms with Crippen LogP contribution in [0.5, 0.6) is 0 Å². The van der Waals surface area contributed by atoms with Crippen LogP contribution < -0.4 is 0 Å². The van der Waals surface area contributed by atoms with Gasteiger partial charge in [0.25, 0.3) is 5.89 Å². The number of rotatable bonds is 8. The molecular weight excluding hydrogens is 586 g/mol. The highest BCUT2D eigenvalue weighted by Gasteiger charge is 2.40. The van der Waals surface area contributed by atoms with Crippen molar-refractivity contribution in [2.45, 2.75) is 31.5 Å². The number of piperidine rings is 1. The lowest BCUT2D eigenvalue weighted by Crippen LogP contribution is -2.38. The molecule has 0 bridgehead atoms. The minimum absolute atomic E-state index is 0.0498. The van der Waals surface area contributed by atoms with Gasteiger partial charge in [-0.3, -0.25) is 4.79 Å². The Labute approximate surface area is 242 Å². The zero-order valence-corrected chi connectivity index (χ0v) is 22.9. The minimum atomic E-state index is -4.81.